The fourth-order valence-electron chi connectivity index (χ4n) is 2.78. The molecule has 1 unspecified atom stereocenters. The first-order valence-electron chi connectivity index (χ1n) is 6.96. The highest BCUT2D eigenvalue weighted by molar-refractivity contribution is 5.57. The molecule has 102 valence electrons. The largest absolute Gasteiger partial charge is 0.377 e. The van der Waals surface area contributed by atoms with Gasteiger partial charge in [-0.3, -0.25) is 4.98 Å². The van der Waals surface area contributed by atoms with Crippen molar-refractivity contribution in [3.63, 3.8) is 0 Å². The summed E-state index contributed by atoms with van der Waals surface area (Å²) in [6.07, 6.45) is 5.03. The summed E-state index contributed by atoms with van der Waals surface area (Å²) in [7, 11) is 0. The van der Waals surface area contributed by atoms with E-state index in [2.05, 4.69) is 22.4 Å². The molecule has 0 saturated carbocycles. The van der Waals surface area contributed by atoms with Crippen LogP contribution in [0.3, 0.4) is 0 Å². The van der Waals surface area contributed by atoms with Crippen molar-refractivity contribution in [1.29, 1.82) is 10.5 Å². The Balaban J connectivity index is 1.89. The minimum absolute atomic E-state index is 0.162. The van der Waals surface area contributed by atoms with E-state index < -0.39 is 0 Å². The Kier molecular flexibility index (Phi) is 3.53. The summed E-state index contributed by atoms with van der Waals surface area (Å²) in [5, 5.41) is 21.5. The molecule has 4 heteroatoms. The number of pyridine rings is 1. The van der Waals surface area contributed by atoms with Crippen molar-refractivity contribution in [2.24, 2.45) is 0 Å². The van der Waals surface area contributed by atoms with Crippen LogP contribution in [0.5, 0.6) is 0 Å². The minimum atomic E-state index is 0.162. The van der Waals surface area contributed by atoms with Crippen molar-refractivity contribution >= 4 is 5.69 Å². The molecule has 0 bridgehead atoms. The predicted octanol–water partition coefficient (Wildman–Crippen LogP) is 3.31. The lowest BCUT2D eigenvalue weighted by molar-refractivity contribution is 0.583. The molecule has 1 N–H and O–H groups in total. The van der Waals surface area contributed by atoms with E-state index in [-0.39, 0.29) is 6.04 Å². The van der Waals surface area contributed by atoms with Gasteiger partial charge in [-0.05, 0) is 49.1 Å². The average molecular weight is 274 g/mol. The highest BCUT2D eigenvalue weighted by Gasteiger charge is 2.21. The SMILES string of the molecule is N#Cc1ccc(NC2CCCc3cccnc32)cc1C#N. The molecule has 0 aliphatic heterocycles. The van der Waals surface area contributed by atoms with Crippen LogP contribution in [0, 0.1) is 22.7 Å². The number of anilines is 1. The van der Waals surface area contributed by atoms with Crippen LogP contribution in [-0.4, -0.2) is 4.98 Å². The van der Waals surface area contributed by atoms with Crippen molar-refractivity contribution in [2.75, 3.05) is 5.32 Å². The molecule has 0 fully saturated rings. The molecule has 21 heavy (non-hydrogen) atoms. The topological polar surface area (TPSA) is 72.5 Å². The Labute approximate surface area is 123 Å². The molecule has 4 nitrogen and oxygen atoms in total. The third kappa shape index (κ3) is 2.57. The first kappa shape index (κ1) is 13.1. The standard InChI is InChI=1S/C17H14N4/c18-10-13-6-7-15(9-14(13)11-19)21-16-5-1-3-12-4-2-8-20-17(12)16/h2,4,6-9,16,21H,1,3,5H2. The molecular formula is C17H14N4. The van der Waals surface area contributed by atoms with Gasteiger partial charge in [0.05, 0.1) is 22.9 Å². The van der Waals surface area contributed by atoms with Crippen molar-refractivity contribution in [2.45, 2.75) is 25.3 Å². The van der Waals surface area contributed by atoms with Crippen LogP contribution < -0.4 is 5.32 Å². The zero-order valence-corrected chi connectivity index (χ0v) is 11.5. The summed E-state index contributed by atoms with van der Waals surface area (Å²) in [5.41, 5.74) is 4.04. The maximum absolute atomic E-state index is 9.10. The summed E-state index contributed by atoms with van der Waals surface area (Å²) < 4.78 is 0. The quantitative estimate of drug-likeness (QED) is 0.911. The van der Waals surface area contributed by atoms with E-state index in [9.17, 15) is 0 Å². The van der Waals surface area contributed by atoms with Crippen molar-refractivity contribution < 1.29 is 0 Å². The molecule has 2 aromatic rings. The van der Waals surface area contributed by atoms with Gasteiger partial charge in [0.25, 0.3) is 0 Å². The average Bonchev–Trinajstić information content (AvgIpc) is 2.55. The molecule has 0 amide bonds. The fourth-order valence-corrected chi connectivity index (χ4v) is 2.78. The number of rotatable bonds is 2. The van der Waals surface area contributed by atoms with E-state index in [1.54, 1.807) is 12.1 Å². The van der Waals surface area contributed by atoms with Gasteiger partial charge in [0, 0.05) is 11.9 Å². The Morgan fingerprint density at radius 1 is 1.14 bits per heavy atom. The summed E-state index contributed by atoms with van der Waals surface area (Å²) in [5.74, 6) is 0. The van der Waals surface area contributed by atoms with Crippen LogP contribution in [0.15, 0.2) is 36.5 Å². The molecule has 3 rings (SSSR count). The number of aromatic nitrogens is 1. The predicted molar refractivity (Wildman–Crippen MR) is 79.4 cm³/mol. The monoisotopic (exact) mass is 274 g/mol. The molecule has 1 atom stereocenters. The minimum Gasteiger partial charge on any atom is -0.377 e. The molecule has 0 radical (unpaired) electrons. The number of nitriles is 2. The molecule has 1 heterocycles. The first-order valence-corrected chi connectivity index (χ1v) is 6.96. The fraction of sp³-hybridized carbons (Fsp3) is 0.235. The summed E-state index contributed by atoms with van der Waals surface area (Å²) in [4.78, 5) is 4.49. The highest BCUT2D eigenvalue weighted by Crippen LogP contribution is 2.31. The van der Waals surface area contributed by atoms with Crippen molar-refractivity contribution in [3.8, 4) is 12.1 Å². The van der Waals surface area contributed by atoms with Crippen LogP contribution in [0.2, 0.25) is 0 Å². The second kappa shape index (κ2) is 5.64. The smallest absolute Gasteiger partial charge is 0.101 e. The number of nitrogens with one attached hydrogen (secondary N) is 1. The molecule has 1 aromatic carbocycles. The maximum Gasteiger partial charge on any atom is 0.101 e. The normalized spacial score (nSPS) is 16.4. The van der Waals surface area contributed by atoms with Gasteiger partial charge >= 0.3 is 0 Å². The second-order valence-electron chi connectivity index (χ2n) is 5.12. The summed E-state index contributed by atoms with van der Waals surface area (Å²) >= 11 is 0. The number of hydrogen-bond acceptors (Lipinski definition) is 4. The molecular weight excluding hydrogens is 260 g/mol. The van der Waals surface area contributed by atoms with Gasteiger partial charge in [0.1, 0.15) is 12.1 Å². The lowest BCUT2D eigenvalue weighted by Gasteiger charge is -2.26. The van der Waals surface area contributed by atoms with E-state index in [1.165, 1.54) is 5.56 Å². The van der Waals surface area contributed by atoms with E-state index >= 15 is 0 Å². The van der Waals surface area contributed by atoms with Gasteiger partial charge in [-0.25, -0.2) is 0 Å². The molecule has 0 spiro atoms. The van der Waals surface area contributed by atoms with Crippen LogP contribution in [-0.2, 0) is 6.42 Å². The summed E-state index contributed by atoms with van der Waals surface area (Å²) in [6, 6.07) is 13.6. The van der Waals surface area contributed by atoms with Gasteiger partial charge in [-0.2, -0.15) is 10.5 Å². The Morgan fingerprint density at radius 3 is 2.81 bits per heavy atom. The van der Waals surface area contributed by atoms with Gasteiger partial charge < -0.3 is 5.32 Å². The maximum atomic E-state index is 9.10. The third-order valence-corrected chi connectivity index (χ3v) is 3.80. The van der Waals surface area contributed by atoms with Gasteiger partial charge in [0.2, 0.25) is 0 Å². The Morgan fingerprint density at radius 2 is 2.00 bits per heavy atom. The molecule has 1 aliphatic rings. The van der Waals surface area contributed by atoms with Gasteiger partial charge in [0.15, 0.2) is 0 Å². The van der Waals surface area contributed by atoms with Crippen LogP contribution in [0.4, 0.5) is 5.69 Å². The number of aryl methyl sites for hydroxylation is 1. The molecule has 1 aromatic heterocycles. The van der Waals surface area contributed by atoms with E-state index in [0.29, 0.717) is 11.1 Å². The number of benzene rings is 1. The Bertz CT molecular complexity index is 752. The van der Waals surface area contributed by atoms with E-state index in [0.717, 1.165) is 30.6 Å². The Hall–Kier alpha value is -2.85. The van der Waals surface area contributed by atoms with Crippen LogP contribution in [0.1, 0.15) is 41.3 Å². The van der Waals surface area contributed by atoms with Gasteiger partial charge in [-0.15, -0.1) is 0 Å². The zero-order valence-electron chi connectivity index (χ0n) is 11.5. The lowest BCUT2D eigenvalue weighted by atomic mass is 9.91. The first-order chi connectivity index (χ1) is 10.3. The molecule has 1 aliphatic carbocycles. The van der Waals surface area contributed by atoms with Crippen molar-refractivity contribution in [3.05, 3.63) is 58.9 Å². The second-order valence-corrected chi connectivity index (χ2v) is 5.12. The summed E-state index contributed by atoms with van der Waals surface area (Å²) in [6.45, 7) is 0. The number of fused-ring (bicyclic) bond motifs is 1. The zero-order chi connectivity index (χ0) is 14.7. The molecule has 0 saturated heterocycles. The van der Waals surface area contributed by atoms with Crippen LogP contribution in [0.25, 0.3) is 0 Å². The lowest BCUT2D eigenvalue weighted by Crippen LogP contribution is -2.18. The van der Waals surface area contributed by atoms with Gasteiger partial charge in [-0.1, -0.05) is 6.07 Å². The highest BCUT2D eigenvalue weighted by atomic mass is 14.9. The number of hydrogen-bond donors (Lipinski definition) is 1. The van der Waals surface area contributed by atoms with E-state index in [1.807, 2.05) is 24.4 Å². The third-order valence-electron chi connectivity index (χ3n) is 3.80. The van der Waals surface area contributed by atoms with E-state index in [4.69, 9.17) is 10.5 Å². The van der Waals surface area contributed by atoms with Crippen molar-refractivity contribution in [1.82, 2.24) is 4.98 Å². The number of nitrogens with zero attached hydrogens (tertiary/aromatic N) is 3. The van der Waals surface area contributed by atoms with Crippen LogP contribution >= 0.6 is 0 Å².